The Morgan fingerprint density at radius 1 is 1.22 bits per heavy atom. The standard InChI is InChI=1S/C14H14FNOS/c1-10-3-2-4-13(7-10)18(17)9-11-5-6-12(16)8-14(11)15/h2-8H,9,16H2,1H3. The smallest absolute Gasteiger partial charge is 0.129 e. The molecule has 0 saturated heterocycles. The summed E-state index contributed by atoms with van der Waals surface area (Å²) in [6, 6.07) is 11.9. The van der Waals surface area contributed by atoms with Crippen LogP contribution in [0.25, 0.3) is 0 Å². The van der Waals surface area contributed by atoms with Crippen molar-refractivity contribution in [2.24, 2.45) is 0 Å². The van der Waals surface area contributed by atoms with E-state index in [1.165, 1.54) is 6.07 Å². The molecule has 0 heterocycles. The Morgan fingerprint density at radius 3 is 2.67 bits per heavy atom. The highest BCUT2D eigenvalue weighted by molar-refractivity contribution is 7.84. The summed E-state index contributed by atoms with van der Waals surface area (Å²) >= 11 is 0. The van der Waals surface area contributed by atoms with Gasteiger partial charge in [0.2, 0.25) is 0 Å². The second-order valence-electron chi connectivity index (χ2n) is 4.16. The molecule has 2 aromatic rings. The average Bonchev–Trinajstić information content (AvgIpc) is 2.32. The zero-order chi connectivity index (χ0) is 13.1. The summed E-state index contributed by atoms with van der Waals surface area (Å²) in [7, 11) is -1.24. The maximum Gasteiger partial charge on any atom is 0.129 e. The van der Waals surface area contributed by atoms with Crippen LogP contribution in [0.1, 0.15) is 11.1 Å². The van der Waals surface area contributed by atoms with E-state index in [0.717, 1.165) is 5.56 Å². The van der Waals surface area contributed by atoms with Gasteiger partial charge in [-0.25, -0.2) is 4.39 Å². The molecule has 0 bridgehead atoms. The van der Waals surface area contributed by atoms with E-state index in [-0.39, 0.29) is 5.75 Å². The van der Waals surface area contributed by atoms with Crippen molar-refractivity contribution in [2.75, 3.05) is 5.73 Å². The number of halogens is 1. The van der Waals surface area contributed by atoms with Crippen molar-refractivity contribution in [1.82, 2.24) is 0 Å². The Balaban J connectivity index is 2.21. The molecule has 0 radical (unpaired) electrons. The summed E-state index contributed by atoms with van der Waals surface area (Å²) in [5.74, 6) is -0.244. The molecule has 1 unspecified atom stereocenters. The van der Waals surface area contributed by atoms with Crippen LogP contribution in [0.15, 0.2) is 47.4 Å². The van der Waals surface area contributed by atoms with Crippen molar-refractivity contribution in [3.63, 3.8) is 0 Å². The quantitative estimate of drug-likeness (QED) is 0.865. The van der Waals surface area contributed by atoms with Gasteiger partial charge in [-0.15, -0.1) is 0 Å². The molecule has 4 heteroatoms. The van der Waals surface area contributed by atoms with Crippen LogP contribution in [0.5, 0.6) is 0 Å². The highest BCUT2D eigenvalue weighted by atomic mass is 32.2. The molecule has 0 fully saturated rings. The van der Waals surface area contributed by atoms with Gasteiger partial charge in [0.15, 0.2) is 0 Å². The van der Waals surface area contributed by atoms with Gasteiger partial charge in [0.25, 0.3) is 0 Å². The molecule has 94 valence electrons. The largest absolute Gasteiger partial charge is 0.399 e. The van der Waals surface area contributed by atoms with E-state index in [2.05, 4.69) is 0 Å². The lowest BCUT2D eigenvalue weighted by Crippen LogP contribution is -2.00. The molecule has 0 aliphatic carbocycles. The molecule has 2 aromatic carbocycles. The van der Waals surface area contributed by atoms with Crippen LogP contribution in [-0.4, -0.2) is 4.21 Å². The fourth-order valence-electron chi connectivity index (χ4n) is 1.66. The second kappa shape index (κ2) is 5.31. The first-order chi connectivity index (χ1) is 8.56. The molecule has 1 atom stereocenters. The molecule has 0 aromatic heterocycles. The third-order valence-corrected chi connectivity index (χ3v) is 3.97. The lowest BCUT2D eigenvalue weighted by molar-refractivity contribution is 0.616. The summed E-state index contributed by atoms with van der Waals surface area (Å²) < 4.78 is 25.7. The van der Waals surface area contributed by atoms with E-state index in [1.807, 2.05) is 25.1 Å². The summed E-state index contributed by atoms with van der Waals surface area (Å²) in [6.45, 7) is 1.94. The summed E-state index contributed by atoms with van der Waals surface area (Å²) in [6.07, 6.45) is 0. The number of anilines is 1. The lowest BCUT2D eigenvalue weighted by Gasteiger charge is -2.05. The minimum Gasteiger partial charge on any atom is -0.399 e. The van der Waals surface area contributed by atoms with Crippen molar-refractivity contribution in [1.29, 1.82) is 0 Å². The Labute approximate surface area is 108 Å². The van der Waals surface area contributed by atoms with Crippen molar-refractivity contribution in [3.8, 4) is 0 Å². The minimum absolute atomic E-state index is 0.162. The third kappa shape index (κ3) is 2.96. The second-order valence-corrected chi connectivity index (χ2v) is 5.61. The Bertz CT molecular complexity index is 598. The van der Waals surface area contributed by atoms with Gasteiger partial charge >= 0.3 is 0 Å². The van der Waals surface area contributed by atoms with Crippen LogP contribution in [0.2, 0.25) is 0 Å². The Hall–Kier alpha value is -1.68. The zero-order valence-corrected chi connectivity index (χ0v) is 10.8. The van der Waals surface area contributed by atoms with Gasteiger partial charge in [0.05, 0.1) is 16.6 Å². The van der Waals surface area contributed by atoms with Crippen molar-refractivity contribution in [3.05, 3.63) is 59.4 Å². The number of hydrogen-bond donors (Lipinski definition) is 1. The van der Waals surface area contributed by atoms with Crippen LogP contribution in [0.4, 0.5) is 10.1 Å². The molecule has 0 saturated carbocycles. The van der Waals surface area contributed by atoms with Crippen molar-refractivity contribution in [2.45, 2.75) is 17.6 Å². The molecule has 0 spiro atoms. The van der Waals surface area contributed by atoms with Crippen LogP contribution in [0, 0.1) is 12.7 Å². The molecule has 0 amide bonds. The number of hydrogen-bond acceptors (Lipinski definition) is 2. The van der Waals surface area contributed by atoms with Gasteiger partial charge in [-0.1, -0.05) is 18.2 Å². The van der Waals surface area contributed by atoms with Crippen LogP contribution in [0.3, 0.4) is 0 Å². The molecule has 0 aliphatic heterocycles. The first-order valence-corrected chi connectivity index (χ1v) is 6.87. The maximum absolute atomic E-state index is 13.6. The Morgan fingerprint density at radius 2 is 2.00 bits per heavy atom. The molecule has 2 N–H and O–H groups in total. The highest BCUT2D eigenvalue weighted by Gasteiger charge is 2.09. The number of rotatable bonds is 3. The number of benzene rings is 2. The molecule has 18 heavy (non-hydrogen) atoms. The van der Waals surface area contributed by atoms with Crippen LogP contribution in [-0.2, 0) is 16.6 Å². The van der Waals surface area contributed by atoms with Crippen molar-refractivity contribution >= 4 is 16.5 Å². The first-order valence-electron chi connectivity index (χ1n) is 5.55. The van der Waals surface area contributed by atoms with E-state index >= 15 is 0 Å². The van der Waals surface area contributed by atoms with Gasteiger partial charge in [0.1, 0.15) is 5.82 Å². The van der Waals surface area contributed by atoms with Crippen LogP contribution >= 0.6 is 0 Å². The predicted molar refractivity (Wildman–Crippen MR) is 72.1 cm³/mol. The van der Waals surface area contributed by atoms with E-state index in [1.54, 1.807) is 18.2 Å². The fraction of sp³-hybridized carbons (Fsp3) is 0.143. The SMILES string of the molecule is Cc1cccc(S(=O)Cc2ccc(N)cc2F)c1. The van der Waals surface area contributed by atoms with Crippen LogP contribution < -0.4 is 5.73 Å². The molecule has 2 nitrogen and oxygen atoms in total. The number of nitrogens with two attached hydrogens (primary N) is 1. The van der Waals surface area contributed by atoms with Gasteiger partial charge < -0.3 is 5.73 Å². The highest BCUT2D eigenvalue weighted by Crippen LogP contribution is 2.17. The van der Waals surface area contributed by atoms with E-state index in [9.17, 15) is 8.60 Å². The monoisotopic (exact) mass is 263 g/mol. The normalized spacial score (nSPS) is 12.3. The third-order valence-electron chi connectivity index (χ3n) is 2.62. The number of nitrogen functional groups attached to an aromatic ring is 1. The topological polar surface area (TPSA) is 43.1 Å². The first kappa shape index (κ1) is 12.8. The molecule has 0 aliphatic rings. The maximum atomic E-state index is 13.6. The average molecular weight is 263 g/mol. The molecular weight excluding hydrogens is 249 g/mol. The van der Waals surface area contributed by atoms with E-state index in [0.29, 0.717) is 16.1 Å². The molecule has 2 rings (SSSR count). The molecular formula is C14H14FNOS. The minimum atomic E-state index is -1.24. The van der Waals surface area contributed by atoms with E-state index < -0.39 is 16.6 Å². The fourth-order valence-corrected chi connectivity index (χ4v) is 2.89. The predicted octanol–water partition coefficient (Wildman–Crippen LogP) is 3.02. The summed E-state index contributed by atoms with van der Waals surface area (Å²) in [5, 5.41) is 0. The summed E-state index contributed by atoms with van der Waals surface area (Å²) in [4.78, 5) is 0.714. The van der Waals surface area contributed by atoms with E-state index in [4.69, 9.17) is 5.73 Å². The zero-order valence-electron chi connectivity index (χ0n) is 10.0. The summed E-state index contributed by atoms with van der Waals surface area (Å²) in [5.41, 5.74) is 7.31. The van der Waals surface area contributed by atoms with Crippen molar-refractivity contribution < 1.29 is 8.60 Å². The van der Waals surface area contributed by atoms with Gasteiger partial charge in [-0.3, -0.25) is 4.21 Å². The van der Waals surface area contributed by atoms with Gasteiger partial charge in [-0.2, -0.15) is 0 Å². The van der Waals surface area contributed by atoms with Gasteiger partial charge in [0, 0.05) is 16.1 Å². The lowest BCUT2D eigenvalue weighted by atomic mass is 10.2. The van der Waals surface area contributed by atoms with Gasteiger partial charge in [-0.05, 0) is 36.8 Å². The Kier molecular flexibility index (Phi) is 3.77. The number of aryl methyl sites for hydroxylation is 1.